The van der Waals surface area contributed by atoms with E-state index in [0.29, 0.717) is 19.4 Å². The summed E-state index contributed by atoms with van der Waals surface area (Å²) in [4.78, 5) is 15.4. The SMILES string of the molecule is COc1cccc([C@H](CNC(=O)C2CCN(S(=O)(=O)c3ccc(F)cc3)CC2)N2CCCC2)c1. The molecule has 2 aromatic carbocycles. The average Bonchev–Trinajstić information content (AvgIpc) is 3.39. The van der Waals surface area contributed by atoms with Crippen LogP contribution in [-0.4, -0.2) is 63.4 Å². The van der Waals surface area contributed by atoms with Crippen LogP contribution in [0.5, 0.6) is 5.75 Å². The van der Waals surface area contributed by atoms with Crippen molar-refractivity contribution < 1.29 is 22.3 Å². The van der Waals surface area contributed by atoms with E-state index in [4.69, 9.17) is 4.74 Å². The number of amides is 1. The number of carbonyl (C=O) groups is 1. The molecule has 2 aliphatic rings. The molecule has 0 radical (unpaired) electrons. The Labute approximate surface area is 200 Å². The van der Waals surface area contributed by atoms with E-state index in [2.05, 4.69) is 16.3 Å². The van der Waals surface area contributed by atoms with E-state index in [1.165, 1.54) is 16.4 Å². The van der Waals surface area contributed by atoms with Gasteiger partial charge < -0.3 is 10.1 Å². The molecule has 184 valence electrons. The van der Waals surface area contributed by atoms with Gasteiger partial charge in [-0.1, -0.05) is 12.1 Å². The highest BCUT2D eigenvalue weighted by Crippen LogP contribution is 2.28. The third-order valence-corrected chi connectivity index (χ3v) is 8.72. The molecule has 1 N–H and O–H groups in total. The molecule has 34 heavy (non-hydrogen) atoms. The second-order valence-electron chi connectivity index (χ2n) is 8.91. The first-order valence-corrected chi connectivity index (χ1v) is 13.2. The fourth-order valence-corrected chi connectivity index (χ4v) is 6.29. The normalized spacial score (nSPS) is 19.1. The molecule has 2 saturated heterocycles. The molecule has 0 aliphatic carbocycles. The number of hydrogen-bond donors (Lipinski definition) is 1. The van der Waals surface area contributed by atoms with Gasteiger partial charge in [0.2, 0.25) is 15.9 Å². The zero-order valence-corrected chi connectivity index (χ0v) is 20.3. The van der Waals surface area contributed by atoms with Crippen molar-refractivity contribution in [2.75, 3.05) is 39.8 Å². The Morgan fingerprint density at radius 3 is 2.41 bits per heavy atom. The van der Waals surface area contributed by atoms with Crippen LogP contribution in [0, 0.1) is 11.7 Å². The Balaban J connectivity index is 1.35. The van der Waals surface area contributed by atoms with Gasteiger partial charge in [-0.15, -0.1) is 0 Å². The summed E-state index contributed by atoms with van der Waals surface area (Å²) in [5.74, 6) is 0.0494. The van der Waals surface area contributed by atoms with Crippen molar-refractivity contribution in [2.24, 2.45) is 5.92 Å². The molecule has 2 fully saturated rings. The molecular weight excluding hydrogens is 457 g/mol. The lowest BCUT2D eigenvalue weighted by atomic mass is 9.97. The second-order valence-corrected chi connectivity index (χ2v) is 10.9. The number of carbonyl (C=O) groups excluding carboxylic acids is 1. The molecule has 1 atom stereocenters. The van der Waals surface area contributed by atoms with Gasteiger partial charge in [0.1, 0.15) is 11.6 Å². The number of rotatable bonds is 8. The molecule has 2 aliphatic heterocycles. The quantitative estimate of drug-likeness (QED) is 0.616. The maximum Gasteiger partial charge on any atom is 0.243 e. The number of likely N-dealkylation sites (tertiary alicyclic amines) is 1. The van der Waals surface area contributed by atoms with Gasteiger partial charge in [-0.2, -0.15) is 4.31 Å². The molecule has 2 heterocycles. The van der Waals surface area contributed by atoms with Crippen molar-refractivity contribution in [3.63, 3.8) is 0 Å². The van der Waals surface area contributed by atoms with E-state index < -0.39 is 15.8 Å². The average molecular weight is 490 g/mol. The molecule has 0 spiro atoms. The number of piperidine rings is 1. The topological polar surface area (TPSA) is 79.0 Å². The van der Waals surface area contributed by atoms with Crippen LogP contribution in [0.4, 0.5) is 4.39 Å². The first-order valence-electron chi connectivity index (χ1n) is 11.8. The molecule has 9 heteroatoms. The van der Waals surface area contributed by atoms with Gasteiger partial charge in [0.25, 0.3) is 0 Å². The molecule has 0 aromatic heterocycles. The second kappa shape index (κ2) is 10.8. The number of ether oxygens (including phenoxy) is 1. The van der Waals surface area contributed by atoms with E-state index in [-0.39, 0.29) is 35.9 Å². The highest BCUT2D eigenvalue weighted by Gasteiger charge is 2.33. The van der Waals surface area contributed by atoms with Crippen molar-refractivity contribution in [3.8, 4) is 5.75 Å². The Bertz CT molecular complexity index is 1080. The maximum atomic E-state index is 13.2. The molecule has 4 rings (SSSR count). The van der Waals surface area contributed by atoms with Crippen molar-refractivity contribution >= 4 is 15.9 Å². The van der Waals surface area contributed by atoms with Crippen LogP contribution < -0.4 is 10.1 Å². The van der Waals surface area contributed by atoms with Gasteiger partial charge in [0.05, 0.1) is 18.0 Å². The fraction of sp³-hybridized carbons (Fsp3) is 0.480. The summed E-state index contributed by atoms with van der Waals surface area (Å²) < 4.78 is 45.6. The number of sulfonamides is 1. The maximum absolute atomic E-state index is 13.2. The van der Waals surface area contributed by atoms with E-state index in [9.17, 15) is 17.6 Å². The third-order valence-electron chi connectivity index (χ3n) is 6.81. The van der Waals surface area contributed by atoms with Crippen LogP contribution in [0.2, 0.25) is 0 Å². The summed E-state index contributed by atoms with van der Waals surface area (Å²) in [6.45, 7) is 3.03. The van der Waals surface area contributed by atoms with Crippen molar-refractivity contribution in [3.05, 3.63) is 59.9 Å². The van der Waals surface area contributed by atoms with Gasteiger partial charge >= 0.3 is 0 Å². The Morgan fingerprint density at radius 2 is 1.76 bits per heavy atom. The molecular formula is C25H32FN3O4S. The number of benzene rings is 2. The van der Waals surface area contributed by atoms with E-state index in [1.807, 2.05) is 18.2 Å². The monoisotopic (exact) mass is 489 g/mol. The van der Waals surface area contributed by atoms with E-state index in [0.717, 1.165) is 49.4 Å². The van der Waals surface area contributed by atoms with E-state index in [1.54, 1.807) is 7.11 Å². The van der Waals surface area contributed by atoms with Gasteiger partial charge in [-0.3, -0.25) is 9.69 Å². The Kier molecular flexibility index (Phi) is 7.85. The molecule has 7 nitrogen and oxygen atoms in total. The van der Waals surface area contributed by atoms with Gasteiger partial charge in [0, 0.05) is 25.6 Å². The van der Waals surface area contributed by atoms with Crippen molar-refractivity contribution in [2.45, 2.75) is 36.6 Å². The summed E-state index contributed by atoms with van der Waals surface area (Å²) in [6, 6.07) is 12.9. The number of hydrogen-bond acceptors (Lipinski definition) is 5. The number of halogens is 1. The van der Waals surface area contributed by atoms with Crippen molar-refractivity contribution in [1.82, 2.24) is 14.5 Å². The number of nitrogens with zero attached hydrogens (tertiary/aromatic N) is 2. The summed E-state index contributed by atoms with van der Waals surface area (Å²) in [5, 5.41) is 3.13. The third kappa shape index (κ3) is 5.59. The van der Waals surface area contributed by atoms with Crippen LogP contribution >= 0.6 is 0 Å². The summed E-state index contributed by atoms with van der Waals surface area (Å²) in [6.07, 6.45) is 3.21. The van der Waals surface area contributed by atoms with Crippen LogP contribution in [0.25, 0.3) is 0 Å². The largest absolute Gasteiger partial charge is 0.497 e. The lowest BCUT2D eigenvalue weighted by molar-refractivity contribution is -0.126. The minimum Gasteiger partial charge on any atom is -0.497 e. The zero-order chi connectivity index (χ0) is 24.1. The minimum absolute atomic E-state index is 0.0362. The molecule has 0 unspecified atom stereocenters. The minimum atomic E-state index is -3.69. The predicted molar refractivity (Wildman–Crippen MR) is 127 cm³/mol. The van der Waals surface area contributed by atoms with Crippen LogP contribution in [-0.2, 0) is 14.8 Å². The summed E-state index contributed by atoms with van der Waals surface area (Å²) >= 11 is 0. The van der Waals surface area contributed by atoms with Crippen LogP contribution in [0.15, 0.2) is 53.4 Å². The highest BCUT2D eigenvalue weighted by atomic mass is 32.2. The summed E-state index contributed by atoms with van der Waals surface area (Å²) in [7, 11) is -2.04. The number of nitrogens with one attached hydrogen (secondary N) is 1. The van der Waals surface area contributed by atoms with Crippen molar-refractivity contribution in [1.29, 1.82) is 0 Å². The smallest absolute Gasteiger partial charge is 0.243 e. The lowest BCUT2D eigenvalue weighted by Gasteiger charge is -2.32. The zero-order valence-electron chi connectivity index (χ0n) is 19.5. The standard InChI is InChI=1S/C25H32FN3O4S/c1-33-22-6-4-5-20(17-22)24(28-13-2-3-14-28)18-27-25(30)19-11-15-29(16-12-19)34(31,32)23-9-7-21(26)8-10-23/h4-10,17,19,24H,2-3,11-16,18H2,1H3,(H,27,30)/t24-/m0/s1. The van der Waals surface area contributed by atoms with Crippen LogP contribution in [0.1, 0.15) is 37.3 Å². The lowest BCUT2D eigenvalue weighted by Crippen LogP contribution is -2.44. The Hall–Kier alpha value is -2.49. The van der Waals surface area contributed by atoms with Crippen LogP contribution in [0.3, 0.4) is 0 Å². The Morgan fingerprint density at radius 1 is 1.09 bits per heavy atom. The molecule has 0 bridgehead atoms. The van der Waals surface area contributed by atoms with Gasteiger partial charge in [0.15, 0.2) is 0 Å². The van der Waals surface area contributed by atoms with E-state index >= 15 is 0 Å². The summed E-state index contributed by atoms with van der Waals surface area (Å²) in [5.41, 5.74) is 1.11. The molecule has 0 saturated carbocycles. The number of methoxy groups -OCH3 is 1. The fourth-order valence-electron chi connectivity index (χ4n) is 4.82. The highest BCUT2D eigenvalue weighted by molar-refractivity contribution is 7.89. The first-order chi connectivity index (χ1) is 16.4. The van der Waals surface area contributed by atoms with Gasteiger partial charge in [-0.25, -0.2) is 12.8 Å². The first kappa shape index (κ1) is 24.6. The predicted octanol–water partition coefficient (Wildman–Crippen LogP) is 3.19. The molecule has 1 amide bonds. The van der Waals surface area contributed by atoms with Gasteiger partial charge in [-0.05, 0) is 80.7 Å². The molecule has 2 aromatic rings.